The van der Waals surface area contributed by atoms with E-state index in [4.69, 9.17) is 4.74 Å². The normalized spacial score (nSPS) is 18.4. The first-order valence-corrected chi connectivity index (χ1v) is 10.2. The van der Waals surface area contributed by atoms with Gasteiger partial charge in [-0.2, -0.15) is 0 Å². The zero-order chi connectivity index (χ0) is 20.5. The molecule has 29 heavy (non-hydrogen) atoms. The molecule has 8 heteroatoms. The van der Waals surface area contributed by atoms with Crippen LogP contribution in [0.15, 0.2) is 23.1 Å². The maximum absolute atomic E-state index is 15.0. The fourth-order valence-electron chi connectivity index (χ4n) is 4.04. The molecule has 0 N–H and O–H groups in total. The molecule has 0 atom stereocenters. The molecule has 2 fully saturated rings. The number of nitrogens with zero attached hydrogens (tertiary/aromatic N) is 4. The Hall–Kier alpha value is -2.45. The number of aryl methyl sites for hydroxylation is 1. The Labute approximate surface area is 169 Å². The van der Waals surface area contributed by atoms with Crippen LogP contribution in [0, 0.1) is 5.82 Å². The van der Waals surface area contributed by atoms with E-state index in [1.54, 1.807) is 17.2 Å². The molecule has 2 saturated heterocycles. The van der Waals surface area contributed by atoms with E-state index in [2.05, 4.69) is 11.9 Å². The molecule has 0 spiro atoms. The number of fused-ring (bicyclic) bond motifs is 1. The largest absolute Gasteiger partial charge is 0.378 e. The molecule has 1 aromatic heterocycles. The second kappa shape index (κ2) is 8.12. The molecule has 0 bridgehead atoms. The lowest BCUT2D eigenvalue weighted by Gasteiger charge is -2.34. The monoisotopic (exact) mass is 402 g/mol. The first kappa shape index (κ1) is 19.8. The van der Waals surface area contributed by atoms with Gasteiger partial charge in [-0.25, -0.2) is 4.39 Å². The van der Waals surface area contributed by atoms with Gasteiger partial charge >= 0.3 is 0 Å². The molecular weight excluding hydrogens is 375 g/mol. The summed E-state index contributed by atoms with van der Waals surface area (Å²) in [6.45, 7) is 7.58. The van der Waals surface area contributed by atoms with Gasteiger partial charge in [-0.1, -0.05) is 0 Å². The summed E-state index contributed by atoms with van der Waals surface area (Å²) in [7, 11) is 2.05. The molecule has 2 aliphatic rings. The van der Waals surface area contributed by atoms with Crippen LogP contribution in [0.3, 0.4) is 0 Å². The second-order valence-corrected chi connectivity index (χ2v) is 7.67. The number of benzene rings is 1. The van der Waals surface area contributed by atoms with Crippen molar-refractivity contribution in [1.29, 1.82) is 0 Å². The van der Waals surface area contributed by atoms with Crippen molar-refractivity contribution in [3.63, 3.8) is 0 Å². The Kier molecular flexibility index (Phi) is 5.56. The van der Waals surface area contributed by atoms with Gasteiger partial charge in [0, 0.05) is 57.4 Å². The number of hydrogen-bond donors (Lipinski definition) is 0. The molecule has 1 amide bonds. The molecule has 0 radical (unpaired) electrons. The number of likely N-dealkylation sites (N-methyl/N-ethyl adjacent to an activating group) is 1. The highest BCUT2D eigenvalue weighted by Gasteiger charge is 2.24. The van der Waals surface area contributed by atoms with Gasteiger partial charge in [0.2, 0.25) is 5.43 Å². The SMILES string of the molecule is CCn1cc(C(=O)N2CCOCC2)c(=O)c2cc(F)c(N3CCN(C)CC3)cc21. The minimum atomic E-state index is -0.419. The minimum Gasteiger partial charge on any atom is -0.378 e. The highest BCUT2D eigenvalue weighted by atomic mass is 19.1. The Morgan fingerprint density at radius 3 is 2.45 bits per heavy atom. The summed E-state index contributed by atoms with van der Waals surface area (Å²) in [4.78, 5) is 31.9. The fourth-order valence-corrected chi connectivity index (χ4v) is 4.04. The summed E-state index contributed by atoms with van der Waals surface area (Å²) in [5, 5.41) is 0.251. The van der Waals surface area contributed by atoms with Crippen LogP contribution in [0.1, 0.15) is 17.3 Å². The van der Waals surface area contributed by atoms with Crippen molar-refractivity contribution >= 4 is 22.5 Å². The molecule has 7 nitrogen and oxygen atoms in total. The number of amides is 1. The number of halogens is 1. The summed E-state index contributed by atoms with van der Waals surface area (Å²) in [5.74, 6) is -0.733. The molecule has 156 valence electrons. The van der Waals surface area contributed by atoms with Crippen molar-refractivity contribution in [3.05, 3.63) is 39.9 Å². The van der Waals surface area contributed by atoms with Crippen LogP contribution in [0.25, 0.3) is 10.9 Å². The number of carbonyl (C=O) groups is 1. The van der Waals surface area contributed by atoms with Crippen LogP contribution in [-0.4, -0.2) is 79.8 Å². The highest BCUT2D eigenvalue weighted by molar-refractivity contribution is 5.98. The van der Waals surface area contributed by atoms with Crippen LogP contribution >= 0.6 is 0 Å². The van der Waals surface area contributed by atoms with Gasteiger partial charge in [-0.15, -0.1) is 0 Å². The van der Waals surface area contributed by atoms with Crippen LogP contribution in [0.5, 0.6) is 0 Å². The van der Waals surface area contributed by atoms with Crippen LogP contribution in [0.2, 0.25) is 0 Å². The smallest absolute Gasteiger partial charge is 0.259 e. The van der Waals surface area contributed by atoms with E-state index in [9.17, 15) is 14.0 Å². The Bertz CT molecular complexity index is 976. The van der Waals surface area contributed by atoms with Crippen molar-refractivity contribution in [2.45, 2.75) is 13.5 Å². The number of anilines is 1. The van der Waals surface area contributed by atoms with E-state index >= 15 is 0 Å². The average molecular weight is 402 g/mol. The maximum Gasteiger partial charge on any atom is 0.259 e. The van der Waals surface area contributed by atoms with E-state index in [0.29, 0.717) is 44.1 Å². The molecular formula is C21H27FN4O3. The summed E-state index contributed by atoms with van der Waals surface area (Å²) in [5.41, 5.74) is 0.851. The molecule has 0 unspecified atom stereocenters. The van der Waals surface area contributed by atoms with Crippen molar-refractivity contribution in [2.24, 2.45) is 0 Å². The summed E-state index contributed by atoms with van der Waals surface area (Å²) >= 11 is 0. The van der Waals surface area contributed by atoms with Gasteiger partial charge in [-0.3, -0.25) is 9.59 Å². The average Bonchev–Trinajstić information content (AvgIpc) is 2.75. The maximum atomic E-state index is 15.0. The quantitative estimate of drug-likeness (QED) is 0.777. The standard InChI is InChI=1S/C21H27FN4O3/c1-3-24-14-16(21(28)26-8-10-29-11-9-26)20(27)15-12-17(22)19(13-18(15)24)25-6-4-23(2)5-7-25/h12-14H,3-11H2,1-2H3. The van der Waals surface area contributed by atoms with Gasteiger partial charge in [0.1, 0.15) is 11.4 Å². The first-order valence-electron chi connectivity index (χ1n) is 10.2. The Morgan fingerprint density at radius 2 is 1.79 bits per heavy atom. The predicted molar refractivity (Wildman–Crippen MR) is 110 cm³/mol. The number of pyridine rings is 1. The lowest BCUT2D eigenvalue weighted by molar-refractivity contribution is 0.0301. The number of morpholine rings is 1. The van der Waals surface area contributed by atoms with E-state index in [1.807, 2.05) is 16.4 Å². The number of hydrogen-bond acceptors (Lipinski definition) is 5. The van der Waals surface area contributed by atoms with Gasteiger partial charge in [0.25, 0.3) is 5.91 Å². The fraction of sp³-hybridized carbons (Fsp3) is 0.524. The minimum absolute atomic E-state index is 0.0907. The van der Waals surface area contributed by atoms with Crippen LogP contribution < -0.4 is 10.3 Å². The van der Waals surface area contributed by atoms with Crippen molar-refractivity contribution < 1.29 is 13.9 Å². The highest BCUT2D eigenvalue weighted by Crippen LogP contribution is 2.26. The molecule has 0 aliphatic carbocycles. The van der Waals surface area contributed by atoms with Crippen LogP contribution in [0.4, 0.5) is 10.1 Å². The summed E-state index contributed by atoms with van der Waals surface area (Å²) < 4.78 is 22.1. The molecule has 0 saturated carbocycles. The van der Waals surface area contributed by atoms with Crippen molar-refractivity contribution in [1.82, 2.24) is 14.4 Å². The zero-order valence-electron chi connectivity index (χ0n) is 17.0. The zero-order valence-corrected chi connectivity index (χ0v) is 17.0. The molecule has 3 heterocycles. The van der Waals surface area contributed by atoms with E-state index < -0.39 is 11.2 Å². The number of aromatic nitrogens is 1. The number of ether oxygens (including phenoxy) is 1. The molecule has 1 aromatic carbocycles. The third-order valence-electron chi connectivity index (χ3n) is 5.86. The van der Waals surface area contributed by atoms with E-state index in [1.165, 1.54) is 6.07 Å². The Balaban J connectivity index is 1.78. The van der Waals surface area contributed by atoms with Crippen molar-refractivity contribution in [2.75, 3.05) is 64.4 Å². The third-order valence-corrected chi connectivity index (χ3v) is 5.86. The number of rotatable bonds is 3. The second-order valence-electron chi connectivity index (χ2n) is 7.67. The molecule has 4 rings (SSSR count). The number of carbonyl (C=O) groups excluding carboxylic acids is 1. The predicted octanol–water partition coefficient (Wildman–Crippen LogP) is 1.38. The van der Waals surface area contributed by atoms with Gasteiger partial charge in [0.05, 0.1) is 24.4 Å². The van der Waals surface area contributed by atoms with E-state index in [0.717, 1.165) is 26.2 Å². The van der Waals surface area contributed by atoms with Gasteiger partial charge < -0.3 is 24.0 Å². The lowest BCUT2D eigenvalue weighted by atomic mass is 10.1. The Morgan fingerprint density at radius 1 is 1.10 bits per heavy atom. The third kappa shape index (κ3) is 3.74. The van der Waals surface area contributed by atoms with Crippen LogP contribution in [-0.2, 0) is 11.3 Å². The molecule has 2 aromatic rings. The first-order chi connectivity index (χ1) is 14.0. The molecule has 2 aliphatic heterocycles. The topological polar surface area (TPSA) is 58.0 Å². The van der Waals surface area contributed by atoms with Gasteiger partial charge in [0.15, 0.2) is 0 Å². The van der Waals surface area contributed by atoms with E-state index in [-0.39, 0.29) is 16.9 Å². The number of piperazine rings is 1. The lowest BCUT2D eigenvalue weighted by Crippen LogP contribution is -2.44. The van der Waals surface area contributed by atoms with Crippen molar-refractivity contribution in [3.8, 4) is 0 Å². The summed E-state index contributed by atoms with van der Waals surface area (Å²) in [6.07, 6.45) is 1.62. The van der Waals surface area contributed by atoms with Gasteiger partial charge in [-0.05, 0) is 26.1 Å². The summed E-state index contributed by atoms with van der Waals surface area (Å²) in [6, 6.07) is 3.05.